The summed E-state index contributed by atoms with van der Waals surface area (Å²) in [5.41, 5.74) is 1.04. The fourth-order valence-electron chi connectivity index (χ4n) is 4.57. The van der Waals surface area contributed by atoms with E-state index in [1.54, 1.807) is 6.07 Å². The number of hydrogen-bond acceptors (Lipinski definition) is 3. The van der Waals surface area contributed by atoms with Crippen molar-refractivity contribution in [3.8, 4) is 0 Å². The highest BCUT2D eigenvalue weighted by Gasteiger charge is 2.46. The van der Waals surface area contributed by atoms with Gasteiger partial charge in [0.1, 0.15) is 6.61 Å². The van der Waals surface area contributed by atoms with Crippen LogP contribution in [0.15, 0.2) is 24.3 Å². The zero-order chi connectivity index (χ0) is 17.4. The van der Waals surface area contributed by atoms with Crippen molar-refractivity contribution < 1.29 is 14.3 Å². The number of ether oxygens (including phenoxy) is 1. The maximum atomic E-state index is 13.1. The molecule has 1 aromatic rings. The first-order chi connectivity index (χ1) is 12.1. The van der Waals surface area contributed by atoms with E-state index >= 15 is 0 Å². The molecule has 2 heterocycles. The molecule has 0 radical (unpaired) electrons. The molecule has 2 unspecified atom stereocenters. The third-order valence-corrected chi connectivity index (χ3v) is 6.26. The zero-order valence-electron chi connectivity index (χ0n) is 14.2. The Morgan fingerprint density at radius 1 is 1.24 bits per heavy atom. The number of carbonyl (C=O) groups excluding carboxylic acids is 2. The average Bonchev–Trinajstić information content (AvgIpc) is 3.25. The predicted octanol–water partition coefficient (Wildman–Crippen LogP) is 2.69. The highest BCUT2D eigenvalue weighted by Crippen LogP contribution is 2.45. The first-order valence-electron chi connectivity index (χ1n) is 9.02. The highest BCUT2D eigenvalue weighted by molar-refractivity contribution is 6.31. The Kier molecular flexibility index (Phi) is 4.46. The largest absolute Gasteiger partial charge is 0.356 e. The maximum Gasteiger partial charge on any atom is 0.254 e. The summed E-state index contributed by atoms with van der Waals surface area (Å²) in [5, 5.41) is 3.43. The molecule has 1 spiro atoms. The molecule has 2 saturated heterocycles. The van der Waals surface area contributed by atoms with Crippen LogP contribution in [0.1, 0.15) is 43.7 Å². The number of morpholine rings is 1. The van der Waals surface area contributed by atoms with Gasteiger partial charge in [-0.05, 0) is 36.3 Å². The second-order valence-electron chi connectivity index (χ2n) is 7.52. The molecule has 5 nitrogen and oxygen atoms in total. The van der Waals surface area contributed by atoms with E-state index in [2.05, 4.69) is 5.32 Å². The Balaban J connectivity index is 1.55. The van der Waals surface area contributed by atoms with E-state index < -0.39 is 12.1 Å². The van der Waals surface area contributed by atoms with E-state index in [4.69, 9.17) is 16.3 Å². The lowest BCUT2D eigenvalue weighted by atomic mass is 9.86. The van der Waals surface area contributed by atoms with E-state index in [0.29, 0.717) is 10.4 Å². The fourth-order valence-corrected chi connectivity index (χ4v) is 4.82. The molecule has 1 aromatic carbocycles. The van der Waals surface area contributed by atoms with Gasteiger partial charge in [-0.1, -0.05) is 42.6 Å². The molecular formula is C19H23ClN2O3. The van der Waals surface area contributed by atoms with Gasteiger partial charge in [0, 0.05) is 18.1 Å². The van der Waals surface area contributed by atoms with Crippen LogP contribution in [0.2, 0.25) is 5.02 Å². The fraction of sp³-hybridized carbons (Fsp3) is 0.579. The molecule has 1 aliphatic carbocycles. The monoisotopic (exact) mass is 362 g/mol. The van der Waals surface area contributed by atoms with Crippen molar-refractivity contribution in [1.82, 2.24) is 10.2 Å². The Hall–Kier alpha value is -1.59. The van der Waals surface area contributed by atoms with Gasteiger partial charge < -0.3 is 15.0 Å². The van der Waals surface area contributed by atoms with Crippen LogP contribution in [-0.4, -0.2) is 42.5 Å². The molecule has 4 rings (SSSR count). The summed E-state index contributed by atoms with van der Waals surface area (Å²) in [6.07, 6.45) is 5.32. The summed E-state index contributed by atoms with van der Waals surface area (Å²) in [7, 11) is 0. The predicted molar refractivity (Wildman–Crippen MR) is 94.2 cm³/mol. The molecule has 2 aliphatic heterocycles. The SMILES string of the molecule is O=C1COC(C(=O)N2CCC3(CCCC3)C2)C(c2ccccc2Cl)N1. The Labute approximate surface area is 152 Å². The van der Waals surface area contributed by atoms with E-state index in [0.717, 1.165) is 25.1 Å². The van der Waals surface area contributed by atoms with Gasteiger partial charge in [0.25, 0.3) is 5.91 Å². The van der Waals surface area contributed by atoms with Crippen LogP contribution in [0.4, 0.5) is 0 Å². The molecule has 1 saturated carbocycles. The van der Waals surface area contributed by atoms with Gasteiger partial charge in [-0.2, -0.15) is 0 Å². The summed E-state index contributed by atoms with van der Waals surface area (Å²) in [6.45, 7) is 1.51. The minimum absolute atomic E-state index is 0.0336. The summed E-state index contributed by atoms with van der Waals surface area (Å²) in [5.74, 6) is -0.253. The second kappa shape index (κ2) is 6.61. The third-order valence-electron chi connectivity index (χ3n) is 5.91. The number of hydrogen-bond donors (Lipinski definition) is 1. The van der Waals surface area contributed by atoms with Gasteiger partial charge in [-0.15, -0.1) is 0 Å². The van der Waals surface area contributed by atoms with Crippen LogP contribution >= 0.6 is 11.6 Å². The van der Waals surface area contributed by atoms with Crippen LogP contribution in [0.3, 0.4) is 0 Å². The smallest absolute Gasteiger partial charge is 0.254 e. The van der Waals surface area contributed by atoms with Gasteiger partial charge in [0.05, 0.1) is 6.04 Å². The van der Waals surface area contributed by atoms with E-state index in [1.165, 1.54) is 25.7 Å². The van der Waals surface area contributed by atoms with Crippen molar-refractivity contribution in [3.05, 3.63) is 34.9 Å². The number of carbonyl (C=O) groups is 2. The lowest BCUT2D eigenvalue weighted by molar-refractivity contribution is -0.154. The van der Waals surface area contributed by atoms with Crippen LogP contribution in [-0.2, 0) is 14.3 Å². The van der Waals surface area contributed by atoms with Crippen molar-refractivity contribution in [2.75, 3.05) is 19.7 Å². The third kappa shape index (κ3) is 3.15. The highest BCUT2D eigenvalue weighted by atomic mass is 35.5. The van der Waals surface area contributed by atoms with Gasteiger partial charge in [0.2, 0.25) is 5.91 Å². The van der Waals surface area contributed by atoms with Crippen LogP contribution < -0.4 is 5.32 Å². The number of likely N-dealkylation sites (tertiary alicyclic amines) is 1. The number of halogens is 1. The van der Waals surface area contributed by atoms with Crippen molar-refractivity contribution in [2.24, 2.45) is 5.41 Å². The minimum atomic E-state index is -0.714. The van der Waals surface area contributed by atoms with Crippen molar-refractivity contribution in [3.63, 3.8) is 0 Å². The topological polar surface area (TPSA) is 58.6 Å². The average molecular weight is 363 g/mol. The number of nitrogens with one attached hydrogen (secondary N) is 1. The standard InChI is InChI=1S/C19H23ClN2O3/c20-14-6-2-1-5-13(14)16-17(25-11-15(23)21-16)18(24)22-10-9-19(12-22)7-3-4-8-19/h1-2,5-6,16-17H,3-4,7-12H2,(H,21,23). The molecule has 6 heteroatoms. The maximum absolute atomic E-state index is 13.1. The molecule has 0 aromatic heterocycles. The quantitative estimate of drug-likeness (QED) is 0.880. The number of benzene rings is 1. The molecule has 3 aliphatic rings. The van der Waals surface area contributed by atoms with Crippen molar-refractivity contribution >= 4 is 23.4 Å². The van der Waals surface area contributed by atoms with E-state index in [1.807, 2.05) is 23.1 Å². The van der Waals surface area contributed by atoms with Crippen molar-refractivity contribution in [2.45, 2.75) is 44.2 Å². The van der Waals surface area contributed by atoms with E-state index in [9.17, 15) is 9.59 Å². The molecule has 0 bridgehead atoms. The first kappa shape index (κ1) is 16.9. The van der Waals surface area contributed by atoms with Gasteiger partial charge in [-0.25, -0.2) is 0 Å². The molecule has 2 amide bonds. The molecule has 1 N–H and O–H groups in total. The van der Waals surface area contributed by atoms with Gasteiger partial charge >= 0.3 is 0 Å². The Morgan fingerprint density at radius 2 is 2.00 bits per heavy atom. The molecule has 2 atom stereocenters. The lowest BCUT2D eigenvalue weighted by Gasteiger charge is -2.35. The zero-order valence-corrected chi connectivity index (χ0v) is 14.9. The molecule has 134 valence electrons. The van der Waals surface area contributed by atoms with Crippen molar-refractivity contribution in [1.29, 1.82) is 0 Å². The summed E-state index contributed by atoms with van der Waals surface area (Å²) >= 11 is 6.30. The first-order valence-corrected chi connectivity index (χ1v) is 9.40. The Bertz CT molecular complexity index is 687. The van der Waals surface area contributed by atoms with Gasteiger partial charge in [-0.3, -0.25) is 9.59 Å². The summed E-state index contributed by atoms with van der Waals surface area (Å²) in [4.78, 5) is 26.9. The summed E-state index contributed by atoms with van der Waals surface area (Å²) < 4.78 is 5.68. The van der Waals surface area contributed by atoms with Crippen LogP contribution in [0.5, 0.6) is 0 Å². The van der Waals surface area contributed by atoms with Crippen LogP contribution in [0, 0.1) is 5.41 Å². The second-order valence-corrected chi connectivity index (χ2v) is 7.92. The number of amides is 2. The molecular weight excluding hydrogens is 340 g/mol. The number of rotatable bonds is 2. The molecule has 25 heavy (non-hydrogen) atoms. The van der Waals surface area contributed by atoms with Gasteiger partial charge in [0.15, 0.2) is 6.10 Å². The van der Waals surface area contributed by atoms with Crippen LogP contribution in [0.25, 0.3) is 0 Å². The Morgan fingerprint density at radius 3 is 2.76 bits per heavy atom. The number of nitrogens with zero attached hydrogens (tertiary/aromatic N) is 1. The van der Waals surface area contributed by atoms with E-state index in [-0.39, 0.29) is 18.4 Å². The summed E-state index contributed by atoms with van der Waals surface area (Å²) in [6, 6.07) is 6.75. The normalized spacial score (nSPS) is 28.4. The molecule has 3 fully saturated rings. The lowest BCUT2D eigenvalue weighted by Crippen LogP contribution is -2.53. The minimum Gasteiger partial charge on any atom is -0.356 e.